The van der Waals surface area contributed by atoms with Crippen LogP contribution in [0.25, 0.3) is 0 Å². The van der Waals surface area contributed by atoms with Gasteiger partial charge in [-0.2, -0.15) is 0 Å². The van der Waals surface area contributed by atoms with Gasteiger partial charge in [-0.05, 0) is 25.5 Å². The van der Waals surface area contributed by atoms with Gasteiger partial charge in [0, 0.05) is 5.70 Å². The molecule has 1 unspecified atom stereocenters. The third kappa shape index (κ3) is 1.76. The lowest BCUT2D eigenvalue weighted by Crippen LogP contribution is -2.31. The van der Waals surface area contributed by atoms with Gasteiger partial charge in [0.15, 0.2) is 0 Å². The van der Waals surface area contributed by atoms with Crippen molar-refractivity contribution >= 4 is 0 Å². The lowest BCUT2D eigenvalue weighted by molar-refractivity contribution is 0.250. The first-order valence-electron chi connectivity index (χ1n) is 3.97. The maximum Gasteiger partial charge on any atom is 0.118 e. The molecule has 1 rings (SSSR count). The van der Waals surface area contributed by atoms with Crippen LogP contribution in [0.15, 0.2) is 23.6 Å². The Labute approximate surface area is 67.9 Å². The molecule has 0 spiro atoms. The fourth-order valence-electron chi connectivity index (χ4n) is 1.23. The molecule has 0 aromatic heterocycles. The number of methoxy groups -OCH3 is 1. The van der Waals surface area contributed by atoms with E-state index in [1.807, 2.05) is 12.2 Å². The van der Waals surface area contributed by atoms with Gasteiger partial charge in [0.05, 0.1) is 13.2 Å². The number of hydrogen-bond donors (Lipinski definition) is 1. The van der Waals surface area contributed by atoms with E-state index < -0.39 is 0 Å². The molecule has 1 aliphatic heterocycles. The molecule has 0 saturated carbocycles. The molecule has 0 saturated heterocycles. The zero-order valence-electron chi connectivity index (χ0n) is 7.35. The maximum atomic E-state index is 5.20. The van der Waals surface area contributed by atoms with E-state index in [1.165, 1.54) is 5.70 Å². The predicted molar refractivity (Wildman–Crippen MR) is 46.1 cm³/mol. The van der Waals surface area contributed by atoms with Gasteiger partial charge in [-0.3, -0.25) is 0 Å². The topological polar surface area (TPSA) is 21.3 Å². The summed E-state index contributed by atoms with van der Waals surface area (Å²) < 4.78 is 5.20. The molecule has 0 aromatic carbocycles. The highest BCUT2D eigenvalue weighted by molar-refractivity contribution is 5.22. The van der Waals surface area contributed by atoms with Crippen molar-refractivity contribution in [2.24, 2.45) is 0 Å². The van der Waals surface area contributed by atoms with Gasteiger partial charge < -0.3 is 10.1 Å². The van der Waals surface area contributed by atoms with Gasteiger partial charge >= 0.3 is 0 Å². The molecule has 2 heteroatoms. The number of nitrogens with one attached hydrogen (secondary N) is 1. The summed E-state index contributed by atoms with van der Waals surface area (Å²) >= 11 is 0. The third-order valence-electron chi connectivity index (χ3n) is 1.89. The van der Waals surface area contributed by atoms with E-state index in [1.54, 1.807) is 7.11 Å². The summed E-state index contributed by atoms with van der Waals surface area (Å²) in [4.78, 5) is 0. The predicted octanol–water partition coefficient (Wildman–Crippen LogP) is 1.80. The number of ether oxygens (including phenoxy) is 1. The molecule has 1 N–H and O–H groups in total. The molecule has 1 atom stereocenters. The van der Waals surface area contributed by atoms with E-state index in [4.69, 9.17) is 4.74 Å². The Balaban J connectivity index is 2.71. The average molecular weight is 153 g/mol. The molecule has 62 valence electrons. The van der Waals surface area contributed by atoms with Crippen molar-refractivity contribution < 1.29 is 4.74 Å². The van der Waals surface area contributed by atoms with E-state index in [2.05, 4.69) is 19.2 Å². The fourth-order valence-corrected chi connectivity index (χ4v) is 1.23. The first-order chi connectivity index (χ1) is 5.27. The van der Waals surface area contributed by atoms with E-state index in [0.29, 0.717) is 6.04 Å². The van der Waals surface area contributed by atoms with Crippen LogP contribution in [0.5, 0.6) is 0 Å². The Morgan fingerprint density at radius 1 is 1.55 bits per heavy atom. The zero-order chi connectivity index (χ0) is 8.27. The molecule has 0 amide bonds. The minimum Gasteiger partial charge on any atom is -0.499 e. The smallest absolute Gasteiger partial charge is 0.118 e. The highest BCUT2D eigenvalue weighted by atomic mass is 16.5. The Hall–Kier alpha value is -0.920. The second-order valence-electron chi connectivity index (χ2n) is 2.73. The number of rotatable bonds is 2. The Bertz CT molecular complexity index is 194. The van der Waals surface area contributed by atoms with E-state index in [-0.39, 0.29) is 0 Å². The molecular weight excluding hydrogens is 138 g/mol. The van der Waals surface area contributed by atoms with E-state index >= 15 is 0 Å². The Kier molecular flexibility index (Phi) is 2.58. The van der Waals surface area contributed by atoms with Crippen molar-refractivity contribution in [3.05, 3.63) is 23.6 Å². The Morgan fingerprint density at radius 2 is 2.27 bits per heavy atom. The fraction of sp³-hybridized carbons (Fsp3) is 0.556. The molecule has 2 nitrogen and oxygen atoms in total. The highest BCUT2D eigenvalue weighted by Crippen LogP contribution is 2.13. The van der Waals surface area contributed by atoms with Crippen LogP contribution in [-0.2, 0) is 4.74 Å². The van der Waals surface area contributed by atoms with Crippen molar-refractivity contribution in [2.75, 3.05) is 7.11 Å². The van der Waals surface area contributed by atoms with Crippen molar-refractivity contribution in [3.63, 3.8) is 0 Å². The molecule has 11 heavy (non-hydrogen) atoms. The normalized spacial score (nSPS) is 23.4. The molecule has 1 heterocycles. The van der Waals surface area contributed by atoms with Crippen LogP contribution in [0.3, 0.4) is 0 Å². The molecule has 0 aliphatic carbocycles. The van der Waals surface area contributed by atoms with Crippen LogP contribution in [0.4, 0.5) is 0 Å². The van der Waals surface area contributed by atoms with Gasteiger partial charge in [-0.15, -0.1) is 0 Å². The molecule has 0 aromatic rings. The molecular formula is C9H15NO. The van der Waals surface area contributed by atoms with Crippen molar-refractivity contribution in [2.45, 2.75) is 26.3 Å². The minimum atomic E-state index is 0.366. The summed E-state index contributed by atoms with van der Waals surface area (Å²) in [5, 5.41) is 3.33. The summed E-state index contributed by atoms with van der Waals surface area (Å²) in [6.07, 6.45) is 5.12. The summed E-state index contributed by atoms with van der Waals surface area (Å²) in [7, 11) is 1.71. The lowest BCUT2D eigenvalue weighted by Gasteiger charge is -2.23. The molecule has 0 fully saturated rings. The second-order valence-corrected chi connectivity index (χ2v) is 2.73. The largest absolute Gasteiger partial charge is 0.499 e. The quantitative estimate of drug-likeness (QED) is 0.653. The third-order valence-corrected chi connectivity index (χ3v) is 1.89. The molecule has 0 bridgehead atoms. The van der Waals surface area contributed by atoms with Gasteiger partial charge in [0.2, 0.25) is 0 Å². The summed E-state index contributed by atoms with van der Waals surface area (Å²) in [6.45, 7) is 4.20. The minimum absolute atomic E-state index is 0.366. The Morgan fingerprint density at radius 3 is 2.82 bits per heavy atom. The van der Waals surface area contributed by atoms with Crippen LogP contribution in [-0.4, -0.2) is 13.2 Å². The average Bonchev–Trinajstić information content (AvgIpc) is 2.04. The van der Waals surface area contributed by atoms with Crippen LogP contribution in [0, 0.1) is 0 Å². The van der Waals surface area contributed by atoms with Crippen LogP contribution in [0.1, 0.15) is 20.3 Å². The molecule has 0 radical (unpaired) electrons. The zero-order valence-corrected chi connectivity index (χ0v) is 7.35. The molecule has 1 aliphatic rings. The summed E-state index contributed by atoms with van der Waals surface area (Å²) in [5.41, 5.74) is 1.21. The van der Waals surface area contributed by atoms with Crippen LogP contribution >= 0.6 is 0 Å². The monoisotopic (exact) mass is 153 g/mol. The second kappa shape index (κ2) is 3.46. The lowest BCUT2D eigenvalue weighted by atomic mass is 10.1. The first kappa shape index (κ1) is 8.18. The summed E-state index contributed by atoms with van der Waals surface area (Å²) in [5.74, 6) is 1.03. The van der Waals surface area contributed by atoms with Gasteiger partial charge in [0.1, 0.15) is 5.76 Å². The van der Waals surface area contributed by atoms with Gasteiger partial charge in [-0.1, -0.05) is 6.92 Å². The van der Waals surface area contributed by atoms with E-state index in [9.17, 15) is 0 Å². The number of dihydropyridines is 1. The summed E-state index contributed by atoms with van der Waals surface area (Å²) in [6, 6.07) is 0.366. The van der Waals surface area contributed by atoms with Crippen LogP contribution < -0.4 is 5.32 Å². The van der Waals surface area contributed by atoms with Crippen molar-refractivity contribution in [1.82, 2.24) is 5.32 Å². The van der Waals surface area contributed by atoms with Crippen molar-refractivity contribution in [3.8, 4) is 0 Å². The maximum absolute atomic E-state index is 5.20. The number of allylic oxidation sites excluding steroid dienone is 3. The van der Waals surface area contributed by atoms with Crippen molar-refractivity contribution in [1.29, 1.82) is 0 Å². The highest BCUT2D eigenvalue weighted by Gasteiger charge is 2.14. The van der Waals surface area contributed by atoms with Gasteiger partial charge in [-0.25, -0.2) is 0 Å². The first-order valence-corrected chi connectivity index (χ1v) is 3.97. The number of hydrogen-bond acceptors (Lipinski definition) is 2. The van der Waals surface area contributed by atoms with Crippen LogP contribution in [0.2, 0.25) is 0 Å². The van der Waals surface area contributed by atoms with E-state index in [0.717, 1.165) is 12.2 Å². The van der Waals surface area contributed by atoms with Gasteiger partial charge in [0.25, 0.3) is 0 Å². The SMILES string of the molecule is CCC1NC(C)=CC=C1OC. The standard InChI is InChI=1S/C9H15NO/c1-4-8-9(11-3)6-5-7(2)10-8/h5-6,8,10H,4H2,1-3H3.